The lowest BCUT2D eigenvalue weighted by atomic mass is 9.82. The summed E-state index contributed by atoms with van der Waals surface area (Å²) >= 11 is 1.36. The number of aliphatic hydroxyl groups is 1. The van der Waals surface area contributed by atoms with E-state index >= 15 is 0 Å². The van der Waals surface area contributed by atoms with E-state index in [-0.39, 0.29) is 17.9 Å². The van der Waals surface area contributed by atoms with Crippen molar-refractivity contribution in [3.8, 4) is 10.4 Å². The first-order chi connectivity index (χ1) is 18.1. The van der Waals surface area contributed by atoms with Crippen LogP contribution in [0.4, 0.5) is 24.8 Å². The molecule has 4 aromatic rings. The summed E-state index contributed by atoms with van der Waals surface area (Å²) in [6.07, 6.45) is 3.23. The van der Waals surface area contributed by atoms with Crippen molar-refractivity contribution < 1.29 is 23.1 Å². The summed E-state index contributed by atoms with van der Waals surface area (Å²) < 4.78 is 39.0. The Balaban J connectivity index is 1.28. The van der Waals surface area contributed by atoms with Crippen LogP contribution in [0.5, 0.6) is 0 Å². The van der Waals surface area contributed by atoms with Crippen molar-refractivity contribution in [3.05, 3.63) is 71.1 Å². The summed E-state index contributed by atoms with van der Waals surface area (Å²) in [5.74, 6) is -0.413. The third-order valence-electron chi connectivity index (χ3n) is 6.35. The Morgan fingerprint density at radius 2 is 1.97 bits per heavy atom. The van der Waals surface area contributed by atoms with Crippen molar-refractivity contribution in [2.24, 2.45) is 0 Å². The zero-order valence-corrected chi connectivity index (χ0v) is 21.0. The number of rotatable bonds is 6. The minimum absolute atomic E-state index is 0.0672. The molecule has 9 nitrogen and oxygen atoms in total. The molecule has 0 spiro atoms. The van der Waals surface area contributed by atoms with E-state index in [4.69, 9.17) is 0 Å². The molecule has 3 aromatic heterocycles. The molecular weight excluding hydrogens is 519 g/mol. The fourth-order valence-electron chi connectivity index (χ4n) is 4.42. The second-order valence-electron chi connectivity index (χ2n) is 9.24. The number of alkyl halides is 3. The molecule has 3 heterocycles. The molecule has 38 heavy (non-hydrogen) atoms. The monoisotopic (exact) mass is 543 g/mol. The van der Waals surface area contributed by atoms with Crippen LogP contribution < -0.4 is 10.6 Å². The van der Waals surface area contributed by atoms with Crippen LogP contribution in [0.3, 0.4) is 0 Å². The van der Waals surface area contributed by atoms with E-state index in [0.29, 0.717) is 42.1 Å². The van der Waals surface area contributed by atoms with Gasteiger partial charge in [-0.3, -0.25) is 4.79 Å². The predicted octanol–water partition coefficient (Wildman–Crippen LogP) is 4.95. The van der Waals surface area contributed by atoms with E-state index in [0.717, 1.165) is 28.3 Å². The van der Waals surface area contributed by atoms with Gasteiger partial charge >= 0.3 is 6.18 Å². The van der Waals surface area contributed by atoms with Crippen molar-refractivity contribution in [3.63, 3.8) is 0 Å². The minimum Gasteiger partial charge on any atom is -0.383 e. The van der Waals surface area contributed by atoms with E-state index in [9.17, 15) is 23.1 Å². The van der Waals surface area contributed by atoms with Gasteiger partial charge in [0.2, 0.25) is 5.95 Å². The third kappa shape index (κ3) is 5.68. The van der Waals surface area contributed by atoms with E-state index in [1.807, 2.05) is 13.0 Å². The van der Waals surface area contributed by atoms with Gasteiger partial charge in [0.15, 0.2) is 0 Å². The van der Waals surface area contributed by atoms with Gasteiger partial charge in [0.05, 0.1) is 11.2 Å². The molecule has 0 aliphatic heterocycles. The number of H-pyrrole nitrogens is 1. The molecule has 1 fully saturated rings. The first-order valence-electron chi connectivity index (χ1n) is 11.9. The van der Waals surface area contributed by atoms with Gasteiger partial charge in [-0.15, -0.1) is 11.3 Å². The largest absolute Gasteiger partial charge is 0.433 e. The molecule has 1 aromatic carbocycles. The predicted molar refractivity (Wildman–Crippen MR) is 135 cm³/mol. The maximum absolute atomic E-state index is 13.0. The molecule has 0 unspecified atom stereocenters. The summed E-state index contributed by atoms with van der Waals surface area (Å²) in [7, 11) is 0. The van der Waals surface area contributed by atoms with Crippen LogP contribution in [0.1, 0.15) is 52.4 Å². The van der Waals surface area contributed by atoms with Crippen molar-refractivity contribution in [1.82, 2.24) is 30.2 Å². The highest BCUT2D eigenvalue weighted by atomic mass is 32.1. The van der Waals surface area contributed by atoms with Crippen LogP contribution in [0, 0.1) is 6.92 Å². The highest BCUT2D eigenvalue weighted by Gasteiger charge is 2.38. The zero-order chi connectivity index (χ0) is 26.9. The number of anilines is 2. The minimum atomic E-state index is -4.57. The number of imidazole rings is 1. The number of thiazole rings is 1. The number of aryl methyl sites for hydroxylation is 1. The number of benzene rings is 1. The Morgan fingerprint density at radius 3 is 2.68 bits per heavy atom. The fraction of sp³-hybridized carbons (Fsp3) is 0.320. The van der Waals surface area contributed by atoms with Gasteiger partial charge in [-0.2, -0.15) is 13.2 Å². The molecule has 1 aliphatic carbocycles. The van der Waals surface area contributed by atoms with Crippen molar-refractivity contribution in [2.75, 3.05) is 5.32 Å². The SMILES string of the molecule is Cc1cc(Nc2nccc(C(F)(F)F)n2)cc(-c2cnc([C@]3(O)CC[C@H](NC(=O)c4c[nH]cn4)CC3)s2)c1. The fourth-order valence-corrected chi connectivity index (χ4v) is 5.47. The van der Waals surface area contributed by atoms with Crippen LogP contribution in [-0.2, 0) is 11.8 Å². The topological polar surface area (TPSA) is 129 Å². The lowest BCUT2D eigenvalue weighted by Gasteiger charge is -2.34. The van der Waals surface area contributed by atoms with E-state index in [1.54, 1.807) is 18.3 Å². The number of carbonyl (C=O) groups is 1. The Labute approximate surface area is 219 Å². The standard InChI is InChI=1S/C25H24F3N7O2S/c1-14-8-15(10-17(9-14)34-23-30-7-4-20(35-23)25(26,27)28)19-12-31-22(38-19)24(37)5-2-16(3-6-24)33-21(36)18-11-29-13-32-18/h4,7-13,16,37H,2-3,5-6H2,1H3,(H,29,32)(H,33,36)(H,30,34,35)/t16-,24-. The second kappa shape index (κ2) is 10.1. The summed E-state index contributed by atoms with van der Waals surface area (Å²) in [5.41, 5.74) is 0.389. The number of hydrogen-bond donors (Lipinski definition) is 4. The molecule has 1 aliphatic rings. The number of aromatic amines is 1. The van der Waals surface area contributed by atoms with Gasteiger partial charge in [0.1, 0.15) is 22.0 Å². The number of aromatic nitrogens is 5. The maximum atomic E-state index is 13.0. The van der Waals surface area contributed by atoms with Crippen LogP contribution in [-0.4, -0.2) is 42.0 Å². The van der Waals surface area contributed by atoms with Gasteiger partial charge in [-0.25, -0.2) is 19.9 Å². The summed E-state index contributed by atoms with van der Waals surface area (Å²) in [6, 6.07) is 6.24. The number of nitrogens with zero attached hydrogens (tertiary/aromatic N) is 4. The van der Waals surface area contributed by atoms with Crippen molar-refractivity contribution >= 4 is 28.9 Å². The number of halogens is 3. The van der Waals surface area contributed by atoms with Crippen LogP contribution in [0.25, 0.3) is 10.4 Å². The van der Waals surface area contributed by atoms with Gasteiger partial charge in [-0.1, -0.05) is 6.07 Å². The first kappa shape index (κ1) is 25.8. The first-order valence-corrected chi connectivity index (χ1v) is 12.7. The molecular formula is C25H24F3N7O2S. The molecule has 0 saturated heterocycles. The normalized spacial score (nSPS) is 19.8. The van der Waals surface area contributed by atoms with Crippen LogP contribution in [0.2, 0.25) is 0 Å². The van der Waals surface area contributed by atoms with E-state index in [2.05, 4.69) is 35.6 Å². The number of amides is 1. The molecule has 1 saturated carbocycles. The van der Waals surface area contributed by atoms with Crippen LogP contribution >= 0.6 is 11.3 Å². The Kier molecular flexibility index (Phi) is 6.88. The molecule has 0 radical (unpaired) electrons. The third-order valence-corrected chi connectivity index (χ3v) is 7.59. The van der Waals surface area contributed by atoms with E-state index < -0.39 is 17.5 Å². The summed E-state index contributed by atoms with van der Waals surface area (Å²) in [6.45, 7) is 1.87. The lowest BCUT2D eigenvalue weighted by molar-refractivity contribution is -0.141. The Hall–Kier alpha value is -3.84. The Bertz CT molecular complexity index is 1430. The average molecular weight is 544 g/mol. The van der Waals surface area contributed by atoms with Crippen molar-refractivity contribution in [2.45, 2.75) is 50.4 Å². The molecule has 198 valence electrons. The highest BCUT2D eigenvalue weighted by molar-refractivity contribution is 7.15. The quantitative estimate of drug-likeness (QED) is 0.271. The van der Waals surface area contributed by atoms with Crippen LogP contribution in [0.15, 0.2) is 49.2 Å². The van der Waals surface area contributed by atoms with Crippen molar-refractivity contribution in [1.29, 1.82) is 0 Å². The highest BCUT2D eigenvalue weighted by Crippen LogP contribution is 2.41. The molecule has 5 rings (SSSR count). The summed E-state index contributed by atoms with van der Waals surface area (Å²) in [4.78, 5) is 31.7. The molecule has 0 atom stereocenters. The molecule has 13 heteroatoms. The number of nitrogens with one attached hydrogen (secondary N) is 3. The summed E-state index contributed by atoms with van der Waals surface area (Å²) in [5, 5.41) is 17.7. The average Bonchev–Trinajstić information content (AvgIpc) is 3.58. The number of hydrogen-bond acceptors (Lipinski definition) is 8. The maximum Gasteiger partial charge on any atom is 0.433 e. The molecule has 4 N–H and O–H groups in total. The lowest BCUT2D eigenvalue weighted by Crippen LogP contribution is -2.42. The number of carbonyl (C=O) groups excluding carboxylic acids is 1. The van der Waals surface area contributed by atoms with Gasteiger partial charge < -0.3 is 20.7 Å². The molecule has 1 amide bonds. The van der Waals surface area contributed by atoms with Gasteiger partial charge in [-0.05, 0) is 61.9 Å². The van der Waals surface area contributed by atoms with Gasteiger partial charge in [0.25, 0.3) is 5.91 Å². The Morgan fingerprint density at radius 1 is 1.18 bits per heavy atom. The molecule has 0 bridgehead atoms. The van der Waals surface area contributed by atoms with Gasteiger partial charge in [0, 0.05) is 30.3 Å². The zero-order valence-electron chi connectivity index (χ0n) is 20.2. The second-order valence-corrected chi connectivity index (χ2v) is 10.3. The smallest absolute Gasteiger partial charge is 0.383 e. The van der Waals surface area contributed by atoms with E-state index in [1.165, 1.54) is 23.9 Å².